The van der Waals surface area contributed by atoms with Crippen molar-refractivity contribution in [3.8, 4) is 0 Å². The molecule has 106 valence electrons. The van der Waals surface area contributed by atoms with E-state index in [0.717, 1.165) is 6.42 Å². The Morgan fingerprint density at radius 3 is 2.84 bits per heavy atom. The third-order valence-electron chi connectivity index (χ3n) is 3.20. The molecule has 1 aromatic heterocycles. The van der Waals surface area contributed by atoms with E-state index in [1.54, 1.807) is 29.3 Å². The molecule has 1 atom stereocenters. The monoisotopic (exact) mass is 266 g/mol. The van der Waals surface area contributed by atoms with E-state index in [0.29, 0.717) is 18.1 Å². The molecule has 4 heteroatoms. The molecular weight excluding hydrogens is 242 g/mol. The predicted molar refractivity (Wildman–Crippen MR) is 72.7 cm³/mol. The minimum absolute atomic E-state index is 0.351. The Balaban J connectivity index is 2.54. The fourth-order valence-corrected chi connectivity index (χ4v) is 1.86. The van der Waals surface area contributed by atoms with Gasteiger partial charge in [-0.15, -0.1) is 0 Å². The molecule has 0 spiro atoms. The van der Waals surface area contributed by atoms with Crippen LogP contribution in [-0.2, 0) is 4.74 Å². The van der Waals surface area contributed by atoms with E-state index in [2.05, 4.69) is 18.6 Å². The Kier molecular flexibility index (Phi) is 6.93. The Morgan fingerprint density at radius 2 is 2.21 bits per heavy atom. The Labute approximate surface area is 115 Å². The van der Waals surface area contributed by atoms with Crippen LogP contribution in [0.3, 0.4) is 0 Å². The molecule has 1 unspecified atom stereocenters. The van der Waals surface area contributed by atoms with Crippen LogP contribution < -0.4 is 9.57 Å². The number of rotatable bonds is 8. The summed E-state index contributed by atoms with van der Waals surface area (Å²) in [6.45, 7) is 5.05. The van der Waals surface area contributed by atoms with Crippen molar-refractivity contribution in [3.05, 3.63) is 30.1 Å². The molecule has 0 aliphatic carbocycles. The molecule has 0 fully saturated rings. The van der Waals surface area contributed by atoms with E-state index >= 15 is 0 Å². The summed E-state index contributed by atoms with van der Waals surface area (Å²) in [5.41, 5.74) is 0.492. The van der Waals surface area contributed by atoms with Gasteiger partial charge in [-0.3, -0.25) is 4.84 Å². The van der Waals surface area contributed by atoms with Gasteiger partial charge < -0.3 is 4.74 Å². The van der Waals surface area contributed by atoms with E-state index in [1.165, 1.54) is 26.4 Å². The molecule has 0 bridgehead atoms. The van der Waals surface area contributed by atoms with Gasteiger partial charge in [0.2, 0.25) is 12.4 Å². The molecule has 0 saturated carbocycles. The fourth-order valence-electron chi connectivity index (χ4n) is 1.86. The van der Waals surface area contributed by atoms with Crippen molar-refractivity contribution in [3.63, 3.8) is 0 Å². The van der Waals surface area contributed by atoms with E-state index in [-0.39, 0.29) is 5.97 Å². The fraction of sp³-hybridized carbons (Fsp3) is 0.600. The number of nitrogens with zero attached hydrogens (tertiary/aromatic N) is 1. The summed E-state index contributed by atoms with van der Waals surface area (Å²) in [5, 5.41) is 0. The number of unbranched alkanes of at least 4 members (excludes halogenated alkanes) is 1. The first-order chi connectivity index (χ1) is 9.21. The zero-order valence-electron chi connectivity index (χ0n) is 12.1. The van der Waals surface area contributed by atoms with Crippen LogP contribution in [0.15, 0.2) is 24.5 Å². The molecule has 1 rings (SSSR count). The zero-order valence-corrected chi connectivity index (χ0v) is 12.1. The second-order valence-electron chi connectivity index (χ2n) is 4.66. The quantitative estimate of drug-likeness (QED) is 0.536. The minimum Gasteiger partial charge on any atom is -0.465 e. The summed E-state index contributed by atoms with van der Waals surface area (Å²) in [6, 6.07) is 3.49. The summed E-state index contributed by atoms with van der Waals surface area (Å²) in [4.78, 5) is 17.1. The molecule has 0 aliphatic rings. The SMILES string of the molecule is CCCCC(CC)CO[n+]1cccc(C(=O)OC)c1. The van der Waals surface area contributed by atoms with Crippen LogP contribution in [0, 0.1) is 5.92 Å². The number of methoxy groups -OCH3 is 1. The number of aromatic nitrogens is 1. The van der Waals surface area contributed by atoms with Gasteiger partial charge in [0.15, 0.2) is 6.61 Å². The molecule has 4 nitrogen and oxygen atoms in total. The second kappa shape index (κ2) is 8.51. The number of hydrogen-bond acceptors (Lipinski definition) is 3. The van der Waals surface area contributed by atoms with Crippen LogP contribution in [0.4, 0.5) is 0 Å². The number of esters is 1. The van der Waals surface area contributed by atoms with Crippen molar-refractivity contribution in [2.24, 2.45) is 5.92 Å². The van der Waals surface area contributed by atoms with Gasteiger partial charge in [0.25, 0.3) is 0 Å². The zero-order chi connectivity index (χ0) is 14.1. The molecule has 0 radical (unpaired) electrons. The lowest BCUT2D eigenvalue weighted by atomic mass is 10.0. The topological polar surface area (TPSA) is 39.4 Å². The maximum Gasteiger partial charge on any atom is 0.344 e. The molecule has 0 aromatic carbocycles. The summed E-state index contributed by atoms with van der Waals surface area (Å²) in [5.74, 6) is 0.213. The van der Waals surface area contributed by atoms with Crippen LogP contribution >= 0.6 is 0 Å². The van der Waals surface area contributed by atoms with Crippen molar-refractivity contribution in [2.75, 3.05) is 13.7 Å². The number of carbonyl (C=O) groups excluding carboxylic acids is 1. The predicted octanol–water partition coefficient (Wildman–Crippen LogP) is 2.41. The molecule has 0 amide bonds. The third kappa shape index (κ3) is 5.28. The second-order valence-corrected chi connectivity index (χ2v) is 4.66. The van der Waals surface area contributed by atoms with Gasteiger partial charge in [-0.25, -0.2) is 4.79 Å². The van der Waals surface area contributed by atoms with Gasteiger partial charge >= 0.3 is 5.97 Å². The Morgan fingerprint density at radius 1 is 1.42 bits per heavy atom. The Hall–Kier alpha value is -1.58. The van der Waals surface area contributed by atoms with E-state index < -0.39 is 0 Å². The van der Waals surface area contributed by atoms with Crippen molar-refractivity contribution < 1.29 is 19.1 Å². The summed E-state index contributed by atoms with van der Waals surface area (Å²) in [7, 11) is 1.37. The maximum atomic E-state index is 11.4. The lowest BCUT2D eigenvalue weighted by Crippen LogP contribution is -2.44. The number of pyridine rings is 1. The first-order valence-electron chi connectivity index (χ1n) is 6.94. The van der Waals surface area contributed by atoms with Crippen molar-refractivity contribution in [1.82, 2.24) is 0 Å². The van der Waals surface area contributed by atoms with E-state index in [1.807, 2.05) is 0 Å². The van der Waals surface area contributed by atoms with Gasteiger partial charge in [0.05, 0.1) is 7.11 Å². The van der Waals surface area contributed by atoms with Gasteiger partial charge in [-0.05, 0) is 24.8 Å². The minimum atomic E-state index is -0.351. The van der Waals surface area contributed by atoms with Crippen LogP contribution in [0.2, 0.25) is 0 Å². The molecule has 19 heavy (non-hydrogen) atoms. The van der Waals surface area contributed by atoms with Gasteiger partial charge in [-0.2, -0.15) is 0 Å². The highest BCUT2D eigenvalue weighted by Gasteiger charge is 2.14. The van der Waals surface area contributed by atoms with E-state index in [9.17, 15) is 4.79 Å². The third-order valence-corrected chi connectivity index (χ3v) is 3.20. The molecule has 0 saturated heterocycles. The number of ether oxygens (including phenoxy) is 1. The largest absolute Gasteiger partial charge is 0.465 e. The number of carbonyl (C=O) groups is 1. The van der Waals surface area contributed by atoms with Crippen LogP contribution in [-0.4, -0.2) is 19.7 Å². The van der Waals surface area contributed by atoms with Crippen LogP contribution in [0.25, 0.3) is 0 Å². The summed E-state index contributed by atoms with van der Waals surface area (Å²) in [6.07, 6.45) is 8.18. The average molecular weight is 266 g/mol. The highest BCUT2D eigenvalue weighted by molar-refractivity contribution is 5.88. The van der Waals surface area contributed by atoms with Gasteiger partial charge in [0, 0.05) is 10.8 Å². The van der Waals surface area contributed by atoms with Crippen molar-refractivity contribution in [2.45, 2.75) is 39.5 Å². The molecular formula is C15H24NO3+. The summed E-state index contributed by atoms with van der Waals surface area (Å²) < 4.78 is 6.27. The highest BCUT2D eigenvalue weighted by atomic mass is 16.7. The van der Waals surface area contributed by atoms with Gasteiger partial charge in [0.1, 0.15) is 5.56 Å². The lowest BCUT2D eigenvalue weighted by molar-refractivity contribution is -0.892. The van der Waals surface area contributed by atoms with Crippen molar-refractivity contribution >= 4 is 5.97 Å². The molecule has 1 aromatic rings. The van der Waals surface area contributed by atoms with Crippen LogP contribution in [0.5, 0.6) is 0 Å². The van der Waals surface area contributed by atoms with Gasteiger partial charge in [-0.1, -0.05) is 26.7 Å². The molecule has 0 aliphatic heterocycles. The first kappa shape index (κ1) is 15.5. The average Bonchev–Trinajstić information content (AvgIpc) is 2.47. The maximum absolute atomic E-state index is 11.4. The summed E-state index contributed by atoms with van der Waals surface area (Å²) >= 11 is 0. The van der Waals surface area contributed by atoms with Crippen LogP contribution in [0.1, 0.15) is 49.9 Å². The van der Waals surface area contributed by atoms with Crippen molar-refractivity contribution in [1.29, 1.82) is 0 Å². The normalized spacial score (nSPS) is 11.9. The molecule has 1 heterocycles. The lowest BCUT2D eigenvalue weighted by Gasteiger charge is -2.11. The first-order valence-corrected chi connectivity index (χ1v) is 6.94. The standard InChI is InChI=1S/C15H24NO3/c1-4-6-8-13(5-2)12-19-16-10-7-9-14(11-16)15(17)18-3/h7,9-11,13H,4-6,8,12H2,1-3H3/q+1. The Bertz CT molecular complexity index is 393. The number of hydrogen-bond donors (Lipinski definition) is 0. The van der Waals surface area contributed by atoms with E-state index in [4.69, 9.17) is 4.84 Å². The molecule has 0 N–H and O–H groups in total. The highest BCUT2D eigenvalue weighted by Crippen LogP contribution is 2.11. The smallest absolute Gasteiger partial charge is 0.344 e.